The highest BCUT2D eigenvalue weighted by Crippen LogP contribution is 2.60. The molecule has 0 amide bonds. The highest BCUT2D eigenvalue weighted by molar-refractivity contribution is 5.97. The molecule has 2 aliphatic rings. The molecule has 0 fully saturated rings. The summed E-state index contributed by atoms with van der Waals surface area (Å²) >= 11 is 0. The Labute approximate surface area is 321 Å². The Morgan fingerprint density at radius 3 is 1.87 bits per heavy atom. The Bertz CT molecular complexity index is 2830. The van der Waals surface area contributed by atoms with Gasteiger partial charge in [0.1, 0.15) is 11.5 Å². The summed E-state index contributed by atoms with van der Waals surface area (Å²) < 4.78 is 6.89. The Balaban J connectivity index is 1.18. The van der Waals surface area contributed by atoms with Crippen LogP contribution in [-0.2, 0) is 5.41 Å². The third kappa shape index (κ3) is 5.12. The number of rotatable bonds is 6. The predicted octanol–water partition coefficient (Wildman–Crippen LogP) is 12.9. The van der Waals surface area contributed by atoms with E-state index in [4.69, 9.17) is 14.7 Å². The number of nitrogens with zero attached hydrogens (tertiary/aromatic N) is 2. The van der Waals surface area contributed by atoms with Crippen LogP contribution in [-0.4, -0.2) is 9.97 Å². The summed E-state index contributed by atoms with van der Waals surface area (Å²) in [6.45, 7) is 6.58. The topological polar surface area (TPSA) is 35.0 Å². The first kappa shape index (κ1) is 32.5. The van der Waals surface area contributed by atoms with Gasteiger partial charge in [-0.2, -0.15) is 0 Å². The lowest BCUT2D eigenvalue weighted by molar-refractivity contribution is 0.399. The molecule has 1 aliphatic carbocycles. The smallest absolute Gasteiger partial charge is 0.160 e. The summed E-state index contributed by atoms with van der Waals surface area (Å²) in [5.74, 6) is 2.33. The average Bonchev–Trinajstić information content (AvgIpc) is 3.55. The number of hydrogen-bond donors (Lipinski definition) is 0. The molecule has 2 heterocycles. The van der Waals surface area contributed by atoms with Crippen molar-refractivity contribution in [2.75, 3.05) is 0 Å². The van der Waals surface area contributed by atoms with Gasteiger partial charge in [-0.05, 0) is 74.9 Å². The van der Waals surface area contributed by atoms with E-state index in [0.29, 0.717) is 5.82 Å². The predicted molar refractivity (Wildman–Crippen MR) is 226 cm³/mol. The fraction of sp³-hybridized carbons (Fsp3) is 0.0385. The first-order valence-corrected chi connectivity index (χ1v) is 18.7. The summed E-state index contributed by atoms with van der Waals surface area (Å²) in [6.07, 6.45) is 4.09. The maximum Gasteiger partial charge on any atom is 0.160 e. The van der Waals surface area contributed by atoms with E-state index in [1.54, 1.807) is 0 Å². The fourth-order valence-electron chi connectivity index (χ4n) is 8.75. The number of fused-ring (bicyclic) bond motifs is 8. The van der Waals surface area contributed by atoms with Crippen LogP contribution in [0.15, 0.2) is 206 Å². The third-order valence-corrected chi connectivity index (χ3v) is 11.2. The summed E-state index contributed by atoms with van der Waals surface area (Å²) in [4.78, 5) is 10.4. The van der Waals surface area contributed by atoms with E-state index in [9.17, 15) is 0 Å². The molecule has 260 valence electrons. The number of benzene rings is 7. The minimum absolute atomic E-state index is 0.510. The number of hydrogen-bond acceptors (Lipinski definition) is 3. The quantitative estimate of drug-likeness (QED) is 0.162. The first-order valence-electron chi connectivity index (χ1n) is 18.7. The number of para-hydroxylation sites is 1. The van der Waals surface area contributed by atoms with Crippen LogP contribution in [0.25, 0.3) is 61.4 Å². The number of ether oxygens (including phenoxy) is 1. The molecule has 55 heavy (non-hydrogen) atoms. The zero-order valence-corrected chi connectivity index (χ0v) is 30.4. The molecule has 10 rings (SSSR count). The molecule has 0 atom stereocenters. The summed E-state index contributed by atoms with van der Waals surface area (Å²) in [7, 11) is 0. The molecule has 1 aromatic heterocycles. The van der Waals surface area contributed by atoms with Gasteiger partial charge in [0.2, 0.25) is 0 Å². The van der Waals surface area contributed by atoms with E-state index in [1.807, 2.05) is 24.3 Å². The monoisotopic (exact) mass is 704 g/mol. The van der Waals surface area contributed by atoms with Crippen molar-refractivity contribution in [3.63, 3.8) is 0 Å². The van der Waals surface area contributed by atoms with Crippen LogP contribution in [0.4, 0.5) is 0 Å². The molecule has 0 saturated carbocycles. The normalized spacial score (nSPS) is 13.9. The lowest BCUT2D eigenvalue weighted by Gasteiger charge is -2.39. The van der Waals surface area contributed by atoms with Gasteiger partial charge in [0.15, 0.2) is 5.82 Å². The van der Waals surface area contributed by atoms with Crippen molar-refractivity contribution >= 4 is 16.3 Å². The molecule has 8 aromatic rings. The standard InChI is InChI=1S/C52H36N2O/c1-3-35(32-50-34(2)52(46-30-15-16-31-49(46)55-50)44-28-13-11-24-40(44)41-25-12-14-29-45(41)52)38-22-9-10-26-42(38)47-33-48(54-51(53-47)37-19-5-4-6-20-37)43-27-17-21-36-18-7-8-23-39(36)43/h3-33H,1H2,2H3/b35-32+. The molecule has 7 aromatic carbocycles. The average molecular weight is 705 g/mol. The molecule has 0 bridgehead atoms. The zero-order valence-electron chi connectivity index (χ0n) is 30.4. The second kappa shape index (κ2) is 13.1. The molecule has 0 radical (unpaired) electrons. The van der Waals surface area contributed by atoms with Gasteiger partial charge < -0.3 is 4.74 Å². The van der Waals surface area contributed by atoms with Gasteiger partial charge in [-0.3, -0.25) is 0 Å². The Morgan fingerprint density at radius 2 is 1.13 bits per heavy atom. The SMILES string of the molecule is C=C/C(=C\C1=C(C)C2(c3ccccc3O1)c1ccccc1-c1ccccc12)c1ccccc1-c1cc(-c2cccc3ccccc23)nc(-c2ccccc2)n1. The van der Waals surface area contributed by atoms with Gasteiger partial charge in [-0.15, -0.1) is 0 Å². The molecular formula is C52H36N2O. The largest absolute Gasteiger partial charge is 0.457 e. The van der Waals surface area contributed by atoms with E-state index in [1.165, 1.54) is 27.6 Å². The van der Waals surface area contributed by atoms with E-state index in [2.05, 4.69) is 177 Å². The van der Waals surface area contributed by atoms with E-state index in [0.717, 1.165) is 67.2 Å². The zero-order chi connectivity index (χ0) is 36.9. The van der Waals surface area contributed by atoms with Crippen molar-refractivity contribution in [2.24, 2.45) is 0 Å². The molecule has 1 aliphatic heterocycles. The van der Waals surface area contributed by atoms with E-state index in [-0.39, 0.29) is 0 Å². The van der Waals surface area contributed by atoms with Crippen LogP contribution < -0.4 is 4.74 Å². The molecular weight excluding hydrogens is 669 g/mol. The van der Waals surface area contributed by atoms with Gasteiger partial charge in [0.25, 0.3) is 0 Å². The van der Waals surface area contributed by atoms with Gasteiger partial charge in [-0.1, -0.05) is 176 Å². The van der Waals surface area contributed by atoms with Crippen LogP contribution in [0, 0.1) is 0 Å². The molecule has 0 N–H and O–H groups in total. The first-order chi connectivity index (χ1) is 27.1. The highest BCUT2D eigenvalue weighted by atomic mass is 16.5. The summed E-state index contributed by atoms with van der Waals surface area (Å²) in [5, 5.41) is 2.32. The number of aromatic nitrogens is 2. The molecule has 1 spiro atoms. The fourth-order valence-corrected chi connectivity index (χ4v) is 8.75. The van der Waals surface area contributed by atoms with Crippen molar-refractivity contribution < 1.29 is 4.74 Å². The van der Waals surface area contributed by atoms with Crippen molar-refractivity contribution in [3.05, 3.63) is 228 Å². The Morgan fingerprint density at radius 1 is 0.564 bits per heavy atom. The minimum Gasteiger partial charge on any atom is -0.457 e. The summed E-state index contributed by atoms with van der Waals surface area (Å²) in [5.41, 5.74) is 13.5. The Hall–Kier alpha value is -7.10. The van der Waals surface area contributed by atoms with Crippen molar-refractivity contribution in [1.29, 1.82) is 0 Å². The van der Waals surface area contributed by atoms with Gasteiger partial charge >= 0.3 is 0 Å². The minimum atomic E-state index is -0.510. The van der Waals surface area contributed by atoms with E-state index >= 15 is 0 Å². The third-order valence-electron chi connectivity index (χ3n) is 11.2. The van der Waals surface area contributed by atoms with Crippen molar-refractivity contribution in [2.45, 2.75) is 12.3 Å². The van der Waals surface area contributed by atoms with Gasteiger partial charge in [0, 0.05) is 22.3 Å². The Kier molecular flexibility index (Phi) is 7.74. The highest BCUT2D eigenvalue weighted by Gasteiger charge is 2.50. The molecule has 3 heteroatoms. The van der Waals surface area contributed by atoms with Crippen LogP contribution in [0.3, 0.4) is 0 Å². The van der Waals surface area contributed by atoms with Crippen molar-refractivity contribution in [3.8, 4) is 50.8 Å². The van der Waals surface area contributed by atoms with Crippen molar-refractivity contribution in [1.82, 2.24) is 9.97 Å². The van der Waals surface area contributed by atoms with Crippen LogP contribution in [0.5, 0.6) is 5.75 Å². The van der Waals surface area contributed by atoms with Gasteiger partial charge in [-0.25, -0.2) is 9.97 Å². The lowest BCUT2D eigenvalue weighted by atomic mass is 9.66. The number of allylic oxidation sites excluding steroid dienone is 4. The maximum atomic E-state index is 6.89. The van der Waals surface area contributed by atoms with Crippen LogP contribution >= 0.6 is 0 Å². The van der Waals surface area contributed by atoms with Gasteiger partial charge in [0.05, 0.1) is 16.8 Å². The molecule has 3 nitrogen and oxygen atoms in total. The molecule has 0 saturated heterocycles. The maximum absolute atomic E-state index is 6.89. The van der Waals surface area contributed by atoms with Crippen LogP contribution in [0.1, 0.15) is 29.2 Å². The second-order valence-electron chi connectivity index (χ2n) is 14.1. The van der Waals surface area contributed by atoms with E-state index < -0.39 is 5.41 Å². The summed E-state index contributed by atoms with van der Waals surface area (Å²) in [6, 6.07) is 61.7. The molecule has 0 unspecified atom stereocenters. The van der Waals surface area contributed by atoms with Crippen LogP contribution in [0.2, 0.25) is 0 Å². The second-order valence-corrected chi connectivity index (χ2v) is 14.1. The lowest BCUT2D eigenvalue weighted by Crippen LogP contribution is -2.33.